The van der Waals surface area contributed by atoms with Crippen LogP contribution in [-0.2, 0) is 13.1 Å². The summed E-state index contributed by atoms with van der Waals surface area (Å²) in [7, 11) is 0. The SMILES string of the molecule is CCNC(=NCc1c(C)nn(-c2ccccc2)c1C)N1CCN(Cc2ccon2)CC1. The van der Waals surface area contributed by atoms with Crippen LogP contribution in [0.5, 0.6) is 0 Å². The van der Waals surface area contributed by atoms with Gasteiger partial charge in [-0.25, -0.2) is 9.67 Å². The first kappa shape index (κ1) is 21.1. The zero-order chi connectivity index (χ0) is 21.6. The number of benzene rings is 1. The highest BCUT2D eigenvalue weighted by molar-refractivity contribution is 5.80. The molecule has 1 fully saturated rings. The van der Waals surface area contributed by atoms with Crippen molar-refractivity contribution in [1.82, 2.24) is 30.1 Å². The summed E-state index contributed by atoms with van der Waals surface area (Å²) in [6.45, 7) is 12.4. The maximum Gasteiger partial charge on any atom is 0.194 e. The molecule has 8 heteroatoms. The summed E-state index contributed by atoms with van der Waals surface area (Å²) >= 11 is 0. The molecule has 4 rings (SSSR count). The largest absolute Gasteiger partial charge is 0.364 e. The summed E-state index contributed by atoms with van der Waals surface area (Å²) in [6.07, 6.45) is 1.63. The Hall–Kier alpha value is -3.13. The number of aromatic nitrogens is 3. The molecule has 1 saturated heterocycles. The van der Waals surface area contributed by atoms with Gasteiger partial charge >= 0.3 is 0 Å². The van der Waals surface area contributed by atoms with E-state index in [-0.39, 0.29) is 0 Å². The van der Waals surface area contributed by atoms with Gasteiger partial charge in [0.2, 0.25) is 0 Å². The molecule has 0 unspecified atom stereocenters. The molecule has 1 aliphatic heterocycles. The van der Waals surface area contributed by atoms with Gasteiger partial charge in [0.15, 0.2) is 5.96 Å². The van der Waals surface area contributed by atoms with Crippen LogP contribution in [0.15, 0.2) is 52.2 Å². The minimum Gasteiger partial charge on any atom is -0.364 e. The van der Waals surface area contributed by atoms with Crippen molar-refractivity contribution in [2.75, 3.05) is 32.7 Å². The first-order chi connectivity index (χ1) is 15.2. The van der Waals surface area contributed by atoms with Crippen molar-refractivity contribution in [2.24, 2.45) is 4.99 Å². The highest BCUT2D eigenvalue weighted by Crippen LogP contribution is 2.19. The third-order valence-corrected chi connectivity index (χ3v) is 5.71. The van der Waals surface area contributed by atoms with Gasteiger partial charge in [0, 0.05) is 56.6 Å². The van der Waals surface area contributed by atoms with Gasteiger partial charge in [0.25, 0.3) is 0 Å². The lowest BCUT2D eigenvalue weighted by molar-refractivity contribution is 0.169. The molecule has 3 aromatic rings. The van der Waals surface area contributed by atoms with Gasteiger partial charge < -0.3 is 14.7 Å². The Balaban J connectivity index is 1.43. The van der Waals surface area contributed by atoms with Gasteiger partial charge in [-0.1, -0.05) is 23.4 Å². The van der Waals surface area contributed by atoms with Crippen LogP contribution in [-0.4, -0.2) is 63.4 Å². The molecule has 0 aliphatic carbocycles. The van der Waals surface area contributed by atoms with Crippen LogP contribution in [0.3, 0.4) is 0 Å². The van der Waals surface area contributed by atoms with E-state index in [2.05, 4.69) is 53.2 Å². The van der Waals surface area contributed by atoms with Gasteiger partial charge in [-0.15, -0.1) is 0 Å². The maximum atomic E-state index is 4.97. The van der Waals surface area contributed by atoms with Gasteiger partial charge in [-0.3, -0.25) is 4.90 Å². The second kappa shape index (κ2) is 9.78. The molecule has 1 aliphatic rings. The fourth-order valence-electron chi connectivity index (χ4n) is 3.97. The van der Waals surface area contributed by atoms with Gasteiger partial charge in [-0.05, 0) is 32.9 Å². The van der Waals surface area contributed by atoms with Crippen molar-refractivity contribution in [3.8, 4) is 5.69 Å². The fourth-order valence-corrected chi connectivity index (χ4v) is 3.97. The molecule has 8 nitrogen and oxygen atoms in total. The third kappa shape index (κ3) is 4.96. The molecule has 0 saturated carbocycles. The molecular formula is C23H31N7O. The number of nitrogens with zero attached hydrogens (tertiary/aromatic N) is 6. The Kier molecular flexibility index (Phi) is 6.66. The summed E-state index contributed by atoms with van der Waals surface area (Å²) in [6, 6.07) is 12.2. The molecule has 0 spiro atoms. The van der Waals surface area contributed by atoms with Crippen molar-refractivity contribution in [1.29, 1.82) is 0 Å². The van der Waals surface area contributed by atoms with Crippen LogP contribution in [0.4, 0.5) is 0 Å². The molecule has 164 valence electrons. The monoisotopic (exact) mass is 421 g/mol. The lowest BCUT2D eigenvalue weighted by atomic mass is 10.2. The predicted octanol–water partition coefficient (Wildman–Crippen LogP) is 2.76. The van der Waals surface area contributed by atoms with E-state index in [0.717, 1.165) is 68.0 Å². The summed E-state index contributed by atoms with van der Waals surface area (Å²) in [5.74, 6) is 0.967. The van der Waals surface area contributed by atoms with E-state index in [1.165, 1.54) is 5.56 Å². The van der Waals surface area contributed by atoms with E-state index < -0.39 is 0 Å². The van der Waals surface area contributed by atoms with Crippen LogP contribution in [0.2, 0.25) is 0 Å². The summed E-state index contributed by atoms with van der Waals surface area (Å²) in [5, 5.41) is 12.2. The number of hydrogen-bond acceptors (Lipinski definition) is 5. The number of para-hydroxylation sites is 1. The van der Waals surface area contributed by atoms with Crippen LogP contribution >= 0.6 is 0 Å². The average Bonchev–Trinajstić information content (AvgIpc) is 3.40. The van der Waals surface area contributed by atoms with Crippen LogP contribution in [0.1, 0.15) is 29.6 Å². The van der Waals surface area contributed by atoms with Crippen molar-refractivity contribution < 1.29 is 4.52 Å². The van der Waals surface area contributed by atoms with Crippen LogP contribution in [0, 0.1) is 13.8 Å². The zero-order valence-corrected chi connectivity index (χ0v) is 18.6. The molecule has 1 N–H and O–H groups in total. The average molecular weight is 422 g/mol. The number of nitrogens with one attached hydrogen (secondary N) is 1. The highest BCUT2D eigenvalue weighted by Gasteiger charge is 2.21. The lowest BCUT2D eigenvalue weighted by Gasteiger charge is -2.36. The number of piperazine rings is 1. The minimum atomic E-state index is 0.617. The maximum absolute atomic E-state index is 4.97. The number of rotatable bonds is 6. The second-order valence-corrected chi connectivity index (χ2v) is 7.82. The van der Waals surface area contributed by atoms with Gasteiger partial charge in [0.05, 0.1) is 23.6 Å². The Bertz CT molecular complexity index is 987. The first-order valence-corrected chi connectivity index (χ1v) is 10.9. The zero-order valence-electron chi connectivity index (χ0n) is 18.6. The van der Waals surface area contributed by atoms with E-state index in [0.29, 0.717) is 6.54 Å². The number of aryl methyl sites for hydroxylation is 1. The smallest absolute Gasteiger partial charge is 0.194 e. The van der Waals surface area contributed by atoms with Crippen molar-refractivity contribution in [2.45, 2.75) is 33.9 Å². The number of guanidine groups is 1. The number of hydrogen-bond donors (Lipinski definition) is 1. The van der Waals surface area contributed by atoms with E-state index in [4.69, 9.17) is 14.6 Å². The first-order valence-electron chi connectivity index (χ1n) is 10.9. The lowest BCUT2D eigenvalue weighted by Crippen LogP contribution is -2.52. The molecule has 1 aromatic carbocycles. The quantitative estimate of drug-likeness (QED) is 0.487. The standard InChI is InChI=1S/C23H31N7O/c1-4-24-23(29-13-11-28(12-14-29)17-20-10-15-31-27-20)25-16-22-18(2)26-30(19(22)3)21-8-6-5-7-9-21/h5-10,15H,4,11-14,16-17H2,1-3H3,(H,24,25). The molecule has 2 aromatic heterocycles. The Morgan fingerprint density at radius 1 is 1.10 bits per heavy atom. The summed E-state index contributed by atoms with van der Waals surface area (Å²) in [5.41, 5.74) is 5.41. The fraction of sp³-hybridized carbons (Fsp3) is 0.435. The van der Waals surface area contributed by atoms with E-state index in [1.54, 1.807) is 6.26 Å². The molecule has 0 bridgehead atoms. The Morgan fingerprint density at radius 2 is 1.87 bits per heavy atom. The van der Waals surface area contributed by atoms with Crippen LogP contribution < -0.4 is 5.32 Å². The van der Waals surface area contributed by atoms with Gasteiger partial charge in [-0.2, -0.15) is 5.10 Å². The summed E-state index contributed by atoms with van der Waals surface area (Å²) < 4.78 is 6.96. The van der Waals surface area contributed by atoms with E-state index in [1.807, 2.05) is 28.9 Å². The molecule has 0 atom stereocenters. The summed E-state index contributed by atoms with van der Waals surface area (Å²) in [4.78, 5) is 9.71. The van der Waals surface area contributed by atoms with Crippen molar-refractivity contribution in [3.63, 3.8) is 0 Å². The molecular weight excluding hydrogens is 390 g/mol. The number of aliphatic imine (C=N–C) groups is 1. The van der Waals surface area contributed by atoms with Crippen LogP contribution in [0.25, 0.3) is 5.69 Å². The normalized spacial score (nSPS) is 15.5. The molecule has 3 heterocycles. The third-order valence-electron chi connectivity index (χ3n) is 5.71. The molecule has 31 heavy (non-hydrogen) atoms. The topological polar surface area (TPSA) is 74.7 Å². The Labute approximate surface area is 183 Å². The minimum absolute atomic E-state index is 0.617. The predicted molar refractivity (Wildman–Crippen MR) is 121 cm³/mol. The molecule has 0 radical (unpaired) electrons. The van der Waals surface area contributed by atoms with Crippen molar-refractivity contribution >= 4 is 5.96 Å². The van der Waals surface area contributed by atoms with E-state index in [9.17, 15) is 0 Å². The Morgan fingerprint density at radius 3 is 2.55 bits per heavy atom. The van der Waals surface area contributed by atoms with Crippen molar-refractivity contribution in [3.05, 3.63) is 65.3 Å². The van der Waals surface area contributed by atoms with Gasteiger partial charge in [0.1, 0.15) is 6.26 Å². The second-order valence-electron chi connectivity index (χ2n) is 7.82. The highest BCUT2D eigenvalue weighted by atomic mass is 16.5. The van der Waals surface area contributed by atoms with E-state index >= 15 is 0 Å². The molecule has 0 amide bonds.